The topological polar surface area (TPSA) is 103 Å². The summed E-state index contributed by atoms with van der Waals surface area (Å²) in [6, 6.07) is 9.76. The molecule has 1 saturated heterocycles. The van der Waals surface area contributed by atoms with Gasteiger partial charge in [0.2, 0.25) is 15.9 Å². The van der Waals surface area contributed by atoms with E-state index in [-0.39, 0.29) is 15.8 Å². The lowest BCUT2D eigenvalue weighted by molar-refractivity contribution is -0.115. The Hall–Kier alpha value is -2.12. The molecule has 1 unspecified atom stereocenters. The first-order chi connectivity index (χ1) is 13.8. The molecule has 2 heterocycles. The largest absolute Gasteiger partial charge is 0.325 e. The standard InChI is InChI=1S/C19H19ClN4O3S2/c1-13(19(25)23-15-5-4-14(11-21)17(20)10-15)28-18-7-6-16(12-22-18)29(26,27)24-8-2-3-9-24/h4-7,10,12-13H,2-3,8-9H2,1H3,(H,23,25). The average molecular weight is 451 g/mol. The van der Waals surface area contributed by atoms with Crippen LogP contribution >= 0.6 is 23.4 Å². The van der Waals surface area contributed by atoms with Crippen molar-refractivity contribution >= 4 is 45.0 Å². The van der Waals surface area contributed by atoms with Gasteiger partial charge >= 0.3 is 0 Å². The van der Waals surface area contributed by atoms with Gasteiger partial charge < -0.3 is 5.32 Å². The Bertz CT molecular complexity index is 1050. The van der Waals surface area contributed by atoms with Gasteiger partial charge in [0.05, 0.1) is 20.9 Å². The zero-order valence-electron chi connectivity index (χ0n) is 15.6. The van der Waals surface area contributed by atoms with Crippen LogP contribution in [0.3, 0.4) is 0 Å². The first-order valence-electron chi connectivity index (χ1n) is 8.94. The molecule has 0 aliphatic carbocycles. The highest BCUT2D eigenvalue weighted by atomic mass is 35.5. The second-order valence-electron chi connectivity index (χ2n) is 6.50. The molecule has 1 aliphatic heterocycles. The smallest absolute Gasteiger partial charge is 0.244 e. The molecule has 1 fully saturated rings. The minimum atomic E-state index is -3.50. The second kappa shape index (κ2) is 9.13. The van der Waals surface area contributed by atoms with Crippen LogP contribution in [-0.4, -0.2) is 42.0 Å². The molecular formula is C19H19ClN4O3S2. The molecule has 1 aromatic carbocycles. The molecule has 0 spiro atoms. The molecule has 1 N–H and O–H groups in total. The predicted octanol–water partition coefficient (Wildman–Crippen LogP) is 3.51. The van der Waals surface area contributed by atoms with E-state index in [1.54, 1.807) is 19.1 Å². The zero-order valence-corrected chi connectivity index (χ0v) is 18.0. The highest BCUT2D eigenvalue weighted by Gasteiger charge is 2.27. The van der Waals surface area contributed by atoms with Crippen molar-refractivity contribution in [1.29, 1.82) is 5.26 Å². The lowest BCUT2D eigenvalue weighted by atomic mass is 10.2. The number of pyridine rings is 1. The number of anilines is 1. The van der Waals surface area contributed by atoms with Crippen LogP contribution < -0.4 is 5.32 Å². The van der Waals surface area contributed by atoms with Gasteiger partial charge in [0, 0.05) is 25.0 Å². The number of hydrogen-bond acceptors (Lipinski definition) is 6. The molecule has 1 amide bonds. The number of nitrogens with one attached hydrogen (secondary N) is 1. The van der Waals surface area contributed by atoms with Crippen LogP contribution in [0.15, 0.2) is 46.5 Å². The fourth-order valence-electron chi connectivity index (χ4n) is 2.83. The number of nitrogens with zero attached hydrogens (tertiary/aromatic N) is 3. The summed E-state index contributed by atoms with van der Waals surface area (Å²) >= 11 is 7.20. The Balaban J connectivity index is 1.63. The van der Waals surface area contributed by atoms with Gasteiger partial charge in [-0.2, -0.15) is 9.57 Å². The van der Waals surface area contributed by atoms with Gasteiger partial charge in [-0.15, -0.1) is 0 Å². The van der Waals surface area contributed by atoms with Gasteiger partial charge in [0.1, 0.15) is 11.0 Å². The molecule has 7 nitrogen and oxygen atoms in total. The van der Waals surface area contributed by atoms with E-state index >= 15 is 0 Å². The average Bonchev–Trinajstić information content (AvgIpc) is 3.24. The summed E-state index contributed by atoms with van der Waals surface area (Å²) in [6.07, 6.45) is 3.08. The molecule has 1 atom stereocenters. The fourth-order valence-corrected chi connectivity index (χ4v) is 5.30. The molecule has 3 rings (SSSR count). The number of benzene rings is 1. The first-order valence-corrected chi connectivity index (χ1v) is 11.6. The third-order valence-corrected chi connectivity index (χ3v) is 7.68. The maximum Gasteiger partial charge on any atom is 0.244 e. The van der Waals surface area contributed by atoms with Gasteiger partial charge in [0.15, 0.2) is 0 Å². The number of hydrogen-bond donors (Lipinski definition) is 1. The van der Waals surface area contributed by atoms with Crippen molar-refractivity contribution in [2.24, 2.45) is 0 Å². The highest BCUT2D eigenvalue weighted by molar-refractivity contribution is 8.00. The first kappa shape index (κ1) is 21.6. The van der Waals surface area contributed by atoms with Crippen LogP contribution in [-0.2, 0) is 14.8 Å². The monoisotopic (exact) mass is 450 g/mol. The SMILES string of the molecule is CC(Sc1ccc(S(=O)(=O)N2CCCC2)cn1)C(=O)Nc1ccc(C#N)c(Cl)c1. The lowest BCUT2D eigenvalue weighted by Gasteiger charge is -2.15. The van der Waals surface area contributed by atoms with E-state index in [0.29, 0.717) is 29.4 Å². The molecule has 10 heteroatoms. The van der Waals surface area contributed by atoms with Crippen LogP contribution in [0.4, 0.5) is 5.69 Å². The van der Waals surface area contributed by atoms with E-state index in [1.165, 1.54) is 40.5 Å². The minimum absolute atomic E-state index is 0.160. The van der Waals surface area contributed by atoms with Crippen molar-refractivity contribution in [3.63, 3.8) is 0 Å². The van der Waals surface area contributed by atoms with E-state index < -0.39 is 15.3 Å². The van der Waals surface area contributed by atoms with E-state index in [0.717, 1.165) is 12.8 Å². The molecule has 0 bridgehead atoms. The molecule has 1 aromatic heterocycles. The molecule has 2 aromatic rings. The summed E-state index contributed by atoms with van der Waals surface area (Å²) in [5.41, 5.74) is 0.826. The number of carbonyl (C=O) groups excluding carboxylic acids is 1. The molecule has 1 aliphatic rings. The number of rotatable bonds is 6. The Morgan fingerprint density at radius 2 is 2.03 bits per heavy atom. The zero-order chi connectivity index (χ0) is 21.0. The van der Waals surface area contributed by atoms with Crippen molar-refractivity contribution < 1.29 is 13.2 Å². The minimum Gasteiger partial charge on any atom is -0.325 e. The normalized spacial score (nSPS) is 15.6. The number of sulfonamides is 1. The van der Waals surface area contributed by atoms with E-state index in [9.17, 15) is 13.2 Å². The van der Waals surface area contributed by atoms with Crippen LogP contribution in [0, 0.1) is 11.3 Å². The molecule has 152 valence electrons. The Kier molecular flexibility index (Phi) is 6.80. The third kappa shape index (κ3) is 5.08. The Morgan fingerprint density at radius 1 is 1.31 bits per heavy atom. The van der Waals surface area contributed by atoms with Crippen LogP contribution in [0.5, 0.6) is 0 Å². The fraction of sp³-hybridized carbons (Fsp3) is 0.316. The summed E-state index contributed by atoms with van der Waals surface area (Å²) in [5.74, 6) is -0.258. The number of aromatic nitrogens is 1. The van der Waals surface area contributed by atoms with Gasteiger partial charge in [-0.05, 0) is 50.1 Å². The number of halogens is 1. The van der Waals surface area contributed by atoms with Crippen molar-refractivity contribution in [1.82, 2.24) is 9.29 Å². The van der Waals surface area contributed by atoms with E-state index in [1.807, 2.05) is 6.07 Å². The van der Waals surface area contributed by atoms with Gasteiger partial charge in [-0.25, -0.2) is 13.4 Å². The van der Waals surface area contributed by atoms with Gasteiger partial charge in [-0.3, -0.25) is 4.79 Å². The second-order valence-corrected chi connectivity index (χ2v) is 10.2. The Labute approximate surface area is 179 Å². The maximum absolute atomic E-state index is 12.5. The van der Waals surface area contributed by atoms with Crippen molar-refractivity contribution in [2.75, 3.05) is 18.4 Å². The van der Waals surface area contributed by atoms with E-state index in [4.69, 9.17) is 16.9 Å². The summed E-state index contributed by atoms with van der Waals surface area (Å²) in [6.45, 7) is 2.80. The van der Waals surface area contributed by atoms with Gasteiger partial charge in [-0.1, -0.05) is 23.4 Å². The number of nitriles is 1. The van der Waals surface area contributed by atoms with Crippen LogP contribution in [0.1, 0.15) is 25.3 Å². The lowest BCUT2D eigenvalue weighted by Crippen LogP contribution is -2.28. The highest BCUT2D eigenvalue weighted by Crippen LogP contribution is 2.26. The van der Waals surface area contributed by atoms with Crippen molar-refractivity contribution in [3.8, 4) is 6.07 Å². The molecule has 0 radical (unpaired) electrons. The van der Waals surface area contributed by atoms with Crippen molar-refractivity contribution in [3.05, 3.63) is 47.1 Å². The van der Waals surface area contributed by atoms with Crippen LogP contribution in [0.25, 0.3) is 0 Å². The van der Waals surface area contributed by atoms with Crippen molar-refractivity contribution in [2.45, 2.75) is 34.9 Å². The molecule has 0 saturated carbocycles. The van der Waals surface area contributed by atoms with E-state index in [2.05, 4.69) is 10.3 Å². The predicted molar refractivity (Wildman–Crippen MR) is 112 cm³/mol. The summed E-state index contributed by atoms with van der Waals surface area (Å²) in [7, 11) is -3.50. The molecule has 29 heavy (non-hydrogen) atoms. The summed E-state index contributed by atoms with van der Waals surface area (Å²) < 4.78 is 26.5. The summed E-state index contributed by atoms with van der Waals surface area (Å²) in [5, 5.41) is 12.0. The quantitative estimate of drug-likeness (QED) is 0.675. The third-order valence-electron chi connectivity index (χ3n) is 4.44. The van der Waals surface area contributed by atoms with Gasteiger partial charge in [0.25, 0.3) is 0 Å². The van der Waals surface area contributed by atoms with Crippen LogP contribution in [0.2, 0.25) is 5.02 Å². The maximum atomic E-state index is 12.5. The number of amides is 1. The number of carbonyl (C=O) groups is 1. The number of thioether (sulfide) groups is 1. The summed E-state index contributed by atoms with van der Waals surface area (Å²) in [4.78, 5) is 16.8. The molecular weight excluding hydrogens is 432 g/mol. The Morgan fingerprint density at radius 3 is 2.62 bits per heavy atom.